The highest BCUT2D eigenvalue weighted by atomic mass is 16.5. The summed E-state index contributed by atoms with van der Waals surface area (Å²) in [5.41, 5.74) is 2.18. The van der Waals surface area contributed by atoms with Gasteiger partial charge in [0.25, 0.3) is 5.91 Å². The zero-order valence-electron chi connectivity index (χ0n) is 14.5. The van der Waals surface area contributed by atoms with Gasteiger partial charge in [-0.2, -0.15) is 0 Å². The van der Waals surface area contributed by atoms with Gasteiger partial charge in [0, 0.05) is 24.4 Å². The standard InChI is InChI=1S/C20H20N4O2/c1-26-17-9-5-8-16(12-17)24-20(25)18-13-19(23-14-22-18)21-11-10-15-6-3-2-4-7-15/h2-9,12-14H,10-11H2,1H3,(H,24,25)(H,21,22,23). The predicted octanol–water partition coefficient (Wildman–Crippen LogP) is 3.39. The van der Waals surface area contributed by atoms with E-state index in [4.69, 9.17) is 4.74 Å². The molecule has 6 nitrogen and oxygen atoms in total. The molecule has 0 aliphatic rings. The second-order valence-corrected chi connectivity index (χ2v) is 5.64. The molecule has 0 bridgehead atoms. The first-order valence-corrected chi connectivity index (χ1v) is 8.30. The number of ether oxygens (including phenoxy) is 1. The van der Waals surface area contributed by atoms with Crippen molar-refractivity contribution in [1.29, 1.82) is 0 Å². The number of hydrogen-bond donors (Lipinski definition) is 2. The first kappa shape index (κ1) is 17.4. The lowest BCUT2D eigenvalue weighted by molar-refractivity contribution is 0.102. The third-order valence-electron chi connectivity index (χ3n) is 3.79. The number of nitrogens with zero attached hydrogens (tertiary/aromatic N) is 2. The Balaban J connectivity index is 1.60. The van der Waals surface area contributed by atoms with Crippen molar-refractivity contribution in [3.8, 4) is 5.75 Å². The van der Waals surface area contributed by atoms with E-state index in [0.29, 0.717) is 22.9 Å². The lowest BCUT2D eigenvalue weighted by atomic mass is 10.1. The molecule has 0 saturated carbocycles. The number of nitrogens with one attached hydrogen (secondary N) is 2. The number of methoxy groups -OCH3 is 1. The maximum absolute atomic E-state index is 12.4. The van der Waals surface area contributed by atoms with Crippen LogP contribution < -0.4 is 15.4 Å². The van der Waals surface area contributed by atoms with Gasteiger partial charge < -0.3 is 15.4 Å². The van der Waals surface area contributed by atoms with Crippen LogP contribution in [0.1, 0.15) is 16.1 Å². The summed E-state index contributed by atoms with van der Waals surface area (Å²) >= 11 is 0. The third kappa shape index (κ3) is 4.80. The van der Waals surface area contributed by atoms with Gasteiger partial charge in [-0.3, -0.25) is 4.79 Å². The molecule has 0 saturated heterocycles. The fourth-order valence-electron chi connectivity index (χ4n) is 2.45. The largest absolute Gasteiger partial charge is 0.497 e. The first-order chi connectivity index (χ1) is 12.7. The van der Waals surface area contributed by atoms with E-state index >= 15 is 0 Å². The van der Waals surface area contributed by atoms with E-state index in [1.165, 1.54) is 11.9 Å². The lowest BCUT2D eigenvalue weighted by Crippen LogP contribution is -2.15. The third-order valence-corrected chi connectivity index (χ3v) is 3.79. The van der Waals surface area contributed by atoms with Crippen LogP contribution in [-0.2, 0) is 6.42 Å². The zero-order chi connectivity index (χ0) is 18.2. The van der Waals surface area contributed by atoms with E-state index < -0.39 is 0 Å². The van der Waals surface area contributed by atoms with Gasteiger partial charge in [-0.15, -0.1) is 0 Å². The van der Waals surface area contributed by atoms with Crippen molar-refractivity contribution < 1.29 is 9.53 Å². The average Bonchev–Trinajstić information content (AvgIpc) is 2.69. The summed E-state index contributed by atoms with van der Waals surface area (Å²) < 4.78 is 5.16. The van der Waals surface area contributed by atoms with E-state index in [-0.39, 0.29) is 5.91 Å². The molecule has 1 amide bonds. The molecule has 0 radical (unpaired) electrons. The summed E-state index contributed by atoms with van der Waals surface area (Å²) in [7, 11) is 1.58. The van der Waals surface area contributed by atoms with Crippen molar-refractivity contribution in [2.24, 2.45) is 0 Å². The summed E-state index contributed by atoms with van der Waals surface area (Å²) in [6.07, 6.45) is 2.25. The van der Waals surface area contributed by atoms with Gasteiger partial charge in [-0.05, 0) is 24.1 Å². The van der Waals surface area contributed by atoms with Gasteiger partial charge in [0.2, 0.25) is 0 Å². The predicted molar refractivity (Wildman–Crippen MR) is 102 cm³/mol. The Morgan fingerprint density at radius 1 is 1.04 bits per heavy atom. The van der Waals surface area contributed by atoms with Gasteiger partial charge in [-0.25, -0.2) is 9.97 Å². The number of anilines is 2. The molecule has 3 rings (SSSR count). The Bertz CT molecular complexity index is 868. The molecule has 0 aliphatic carbocycles. The van der Waals surface area contributed by atoms with Gasteiger partial charge in [-0.1, -0.05) is 36.4 Å². The highest BCUT2D eigenvalue weighted by Gasteiger charge is 2.09. The number of benzene rings is 2. The molecular formula is C20H20N4O2. The van der Waals surface area contributed by atoms with Crippen molar-refractivity contribution in [3.05, 3.63) is 78.2 Å². The summed E-state index contributed by atoms with van der Waals surface area (Å²) in [5.74, 6) is 0.993. The second-order valence-electron chi connectivity index (χ2n) is 5.64. The van der Waals surface area contributed by atoms with Gasteiger partial charge in [0.1, 0.15) is 23.6 Å². The molecule has 3 aromatic rings. The molecule has 0 fully saturated rings. The molecule has 2 N–H and O–H groups in total. The molecule has 26 heavy (non-hydrogen) atoms. The Hall–Kier alpha value is -3.41. The monoisotopic (exact) mass is 348 g/mol. The van der Waals surface area contributed by atoms with E-state index in [2.05, 4.69) is 32.7 Å². The van der Waals surface area contributed by atoms with Crippen molar-refractivity contribution in [3.63, 3.8) is 0 Å². The fourth-order valence-corrected chi connectivity index (χ4v) is 2.45. The topological polar surface area (TPSA) is 76.1 Å². The van der Waals surface area contributed by atoms with E-state index in [1.54, 1.807) is 25.3 Å². The first-order valence-electron chi connectivity index (χ1n) is 8.30. The maximum Gasteiger partial charge on any atom is 0.274 e. The number of amides is 1. The van der Waals surface area contributed by atoms with Crippen molar-refractivity contribution >= 4 is 17.4 Å². The van der Waals surface area contributed by atoms with Gasteiger partial charge in [0.15, 0.2) is 0 Å². The fraction of sp³-hybridized carbons (Fsp3) is 0.150. The normalized spacial score (nSPS) is 10.2. The molecule has 0 unspecified atom stereocenters. The van der Waals surface area contributed by atoms with Crippen LogP contribution in [0.5, 0.6) is 5.75 Å². The molecule has 0 aliphatic heterocycles. The molecule has 0 spiro atoms. The molecule has 132 valence electrons. The number of carbonyl (C=O) groups excluding carboxylic acids is 1. The van der Waals surface area contributed by atoms with Crippen molar-refractivity contribution in [2.45, 2.75) is 6.42 Å². The molecule has 1 heterocycles. The van der Waals surface area contributed by atoms with Crippen LogP contribution in [0.2, 0.25) is 0 Å². The zero-order valence-corrected chi connectivity index (χ0v) is 14.5. The molecule has 2 aromatic carbocycles. The van der Waals surface area contributed by atoms with Crippen molar-refractivity contribution in [1.82, 2.24) is 9.97 Å². The van der Waals surface area contributed by atoms with Crippen LogP contribution in [-0.4, -0.2) is 29.5 Å². The second kappa shape index (κ2) is 8.62. The summed E-state index contributed by atoms with van der Waals surface area (Å²) in [6.45, 7) is 0.720. The SMILES string of the molecule is COc1cccc(NC(=O)c2cc(NCCc3ccccc3)ncn2)c1. The highest BCUT2D eigenvalue weighted by molar-refractivity contribution is 6.03. The summed E-state index contributed by atoms with van der Waals surface area (Å²) in [4.78, 5) is 20.6. The maximum atomic E-state index is 12.4. The Kier molecular flexibility index (Phi) is 5.77. The Morgan fingerprint density at radius 2 is 1.88 bits per heavy atom. The highest BCUT2D eigenvalue weighted by Crippen LogP contribution is 2.17. The Morgan fingerprint density at radius 3 is 2.69 bits per heavy atom. The quantitative estimate of drug-likeness (QED) is 0.684. The number of aromatic nitrogens is 2. The van der Waals surface area contributed by atoms with E-state index in [9.17, 15) is 4.79 Å². The number of hydrogen-bond acceptors (Lipinski definition) is 5. The van der Waals surface area contributed by atoms with E-state index in [1.807, 2.05) is 30.3 Å². The minimum atomic E-state index is -0.299. The molecular weight excluding hydrogens is 328 g/mol. The molecule has 1 aromatic heterocycles. The van der Waals surface area contributed by atoms with E-state index in [0.717, 1.165) is 13.0 Å². The average molecular weight is 348 g/mol. The van der Waals surface area contributed by atoms with Crippen LogP contribution in [0.25, 0.3) is 0 Å². The van der Waals surface area contributed by atoms with Gasteiger partial charge in [0.05, 0.1) is 7.11 Å². The van der Waals surface area contributed by atoms with Crippen molar-refractivity contribution in [2.75, 3.05) is 24.3 Å². The smallest absolute Gasteiger partial charge is 0.274 e. The molecule has 0 atom stereocenters. The lowest BCUT2D eigenvalue weighted by Gasteiger charge is -2.08. The van der Waals surface area contributed by atoms with Crippen LogP contribution >= 0.6 is 0 Å². The summed E-state index contributed by atoms with van der Waals surface area (Å²) in [5, 5.41) is 6.02. The van der Waals surface area contributed by atoms with Crippen LogP contribution in [0, 0.1) is 0 Å². The minimum absolute atomic E-state index is 0.296. The summed E-state index contributed by atoms with van der Waals surface area (Å²) in [6, 6.07) is 19.0. The Labute approximate surface area is 152 Å². The van der Waals surface area contributed by atoms with Crippen LogP contribution in [0.15, 0.2) is 67.0 Å². The minimum Gasteiger partial charge on any atom is -0.497 e. The van der Waals surface area contributed by atoms with Gasteiger partial charge >= 0.3 is 0 Å². The number of carbonyl (C=O) groups is 1. The van der Waals surface area contributed by atoms with Crippen LogP contribution in [0.4, 0.5) is 11.5 Å². The number of rotatable bonds is 7. The molecule has 6 heteroatoms. The van der Waals surface area contributed by atoms with Crippen LogP contribution in [0.3, 0.4) is 0 Å².